The fourth-order valence-corrected chi connectivity index (χ4v) is 6.21. The van der Waals surface area contributed by atoms with Crippen molar-refractivity contribution >= 4 is 11.9 Å². The molecule has 2 aliphatic carbocycles. The highest BCUT2D eigenvalue weighted by atomic mass is 19.4. The van der Waals surface area contributed by atoms with Gasteiger partial charge in [-0.2, -0.15) is 13.2 Å². The summed E-state index contributed by atoms with van der Waals surface area (Å²) in [6, 6.07) is 7.20. The second-order valence-electron chi connectivity index (χ2n) is 10.1. The van der Waals surface area contributed by atoms with E-state index in [1.807, 2.05) is 0 Å². The number of hydrogen-bond donors (Lipinski definition) is 2. The molecule has 0 amide bonds. The van der Waals surface area contributed by atoms with E-state index < -0.39 is 12.1 Å². The quantitative estimate of drug-likeness (QED) is 0.340. The molecule has 1 saturated carbocycles. The lowest BCUT2D eigenvalue weighted by Gasteiger charge is -2.56. The second kappa shape index (κ2) is 12.3. The largest absolute Gasteiger partial charge is 0.490 e. The van der Waals surface area contributed by atoms with Gasteiger partial charge in [0.25, 0.3) is 0 Å². The molecule has 202 valence electrons. The van der Waals surface area contributed by atoms with E-state index in [4.69, 9.17) is 19.4 Å². The van der Waals surface area contributed by atoms with E-state index in [-0.39, 0.29) is 18.7 Å². The first-order chi connectivity index (χ1) is 17.1. The van der Waals surface area contributed by atoms with Gasteiger partial charge in [-0.25, -0.2) is 4.79 Å². The highest BCUT2D eigenvalue weighted by Crippen LogP contribution is 2.54. The van der Waals surface area contributed by atoms with Crippen molar-refractivity contribution in [3.8, 4) is 5.75 Å². The van der Waals surface area contributed by atoms with Gasteiger partial charge in [-0.15, -0.1) is 0 Å². The molecular weight excluding hydrogens is 475 g/mol. The number of carbonyl (C=O) groups excluding carboxylic acids is 1. The highest BCUT2D eigenvalue weighted by molar-refractivity contribution is 5.73. The van der Waals surface area contributed by atoms with Crippen molar-refractivity contribution in [2.75, 3.05) is 13.3 Å². The molecule has 2 N–H and O–H groups in total. The number of piperidine rings is 1. The van der Waals surface area contributed by atoms with Gasteiger partial charge in [0.05, 0.1) is 5.92 Å². The van der Waals surface area contributed by atoms with Crippen LogP contribution in [0.5, 0.6) is 5.75 Å². The van der Waals surface area contributed by atoms with Crippen LogP contribution in [0.1, 0.15) is 82.8 Å². The lowest BCUT2D eigenvalue weighted by Crippen LogP contribution is -2.59. The van der Waals surface area contributed by atoms with Gasteiger partial charge < -0.3 is 19.9 Å². The molecule has 0 spiro atoms. The topological polar surface area (TPSA) is 84.9 Å². The molecule has 1 saturated heterocycles. The number of alkyl halides is 3. The first-order valence-electron chi connectivity index (χ1n) is 13.1. The van der Waals surface area contributed by atoms with Crippen molar-refractivity contribution in [1.29, 1.82) is 0 Å². The van der Waals surface area contributed by atoms with Gasteiger partial charge in [-0.1, -0.05) is 45.6 Å². The zero-order chi connectivity index (χ0) is 26.3. The number of carboxylic acids is 1. The Kier molecular flexibility index (Phi) is 9.66. The van der Waals surface area contributed by atoms with E-state index in [0.717, 1.165) is 50.3 Å². The molecule has 1 unspecified atom stereocenters. The van der Waals surface area contributed by atoms with Gasteiger partial charge >= 0.3 is 18.1 Å². The van der Waals surface area contributed by atoms with Gasteiger partial charge in [-0.3, -0.25) is 4.79 Å². The predicted molar refractivity (Wildman–Crippen MR) is 129 cm³/mol. The maximum Gasteiger partial charge on any atom is 0.490 e. The zero-order valence-electron chi connectivity index (χ0n) is 21.2. The van der Waals surface area contributed by atoms with Crippen LogP contribution in [0.2, 0.25) is 0 Å². The van der Waals surface area contributed by atoms with Crippen LogP contribution in [0, 0.1) is 11.8 Å². The standard InChI is InChI=1S/C25H37NO3.C2HF3O2/c1-3-5-8-18(4-2)24(27)29-17-28-20-11-10-19-15-23-21-9-6-7-12-25(21,13-14-26-23)22(19)16-20;3-2(4,5)1(6)7/h10-11,16,18,21,23,26H,3-9,12-15,17H2,1-2H3;(H,6,7)/t18?,21-,23+,25-;/m1./s1. The van der Waals surface area contributed by atoms with Crippen LogP contribution < -0.4 is 10.1 Å². The summed E-state index contributed by atoms with van der Waals surface area (Å²) in [5, 5.41) is 10.9. The summed E-state index contributed by atoms with van der Waals surface area (Å²) < 4.78 is 43.1. The van der Waals surface area contributed by atoms with Crippen molar-refractivity contribution in [3.05, 3.63) is 29.3 Å². The molecule has 2 bridgehead atoms. The third-order valence-corrected chi connectivity index (χ3v) is 8.02. The lowest BCUT2D eigenvalue weighted by molar-refractivity contribution is -0.192. The number of hydrogen-bond acceptors (Lipinski definition) is 5. The number of fused-ring (bicyclic) bond motifs is 1. The highest BCUT2D eigenvalue weighted by Gasteiger charge is 2.51. The molecule has 1 heterocycles. The Balaban J connectivity index is 0.000000454. The normalized spacial score (nSPS) is 25.4. The molecular formula is C27H38F3NO5. The molecule has 0 radical (unpaired) electrons. The van der Waals surface area contributed by atoms with E-state index in [2.05, 4.69) is 37.4 Å². The molecule has 1 aliphatic heterocycles. The summed E-state index contributed by atoms with van der Waals surface area (Å²) in [4.78, 5) is 21.2. The minimum Gasteiger partial charge on any atom is -0.475 e. The van der Waals surface area contributed by atoms with Crippen LogP contribution in [0.4, 0.5) is 13.2 Å². The number of halogens is 3. The summed E-state index contributed by atoms with van der Waals surface area (Å²) in [6.07, 6.45) is 6.53. The number of aliphatic carboxylic acids is 1. The van der Waals surface area contributed by atoms with E-state index in [1.54, 1.807) is 0 Å². The fraction of sp³-hybridized carbons (Fsp3) is 0.704. The van der Waals surface area contributed by atoms with E-state index in [9.17, 15) is 18.0 Å². The molecule has 4 atom stereocenters. The Morgan fingerprint density at radius 3 is 2.64 bits per heavy atom. The summed E-state index contributed by atoms with van der Waals surface area (Å²) in [5.74, 6) is -1.28. The number of unbranched alkanes of at least 4 members (excludes halogenated alkanes) is 1. The van der Waals surface area contributed by atoms with Crippen molar-refractivity contribution < 1.29 is 37.3 Å². The number of rotatable bonds is 8. The number of nitrogens with one attached hydrogen (secondary N) is 1. The fourth-order valence-electron chi connectivity index (χ4n) is 6.21. The van der Waals surface area contributed by atoms with Crippen LogP contribution in [0.25, 0.3) is 0 Å². The minimum atomic E-state index is -5.08. The molecule has 4 rings (SSSR count). The number of benzene rings is 1. The maximum absolute atomic E-state index is 12.3. The molecule has 2 fully saturated rings. The van der Waals surface area contributed by atoms with Crippen molar-refractivity contribution in [2.45, 2.75) is 95.7 Å². The Hall–Kier alpha value is -2.29. The Labute approximate surface area is 210 Å². The Morgan fingerprint density at radius 1 is 1.22 bits per heavy atom. The maximum atomic E-state index is 12.3. The van der Waals surface area contributed by atoms with Gasteiger partial charge in [0.15, 0.2) is 0 Å². The summed E-state index contributed by atoms with van der Waals surface area (Å²) in [5.41, 5.74) is 3.32. The third kappa shape index (κ3) is 6.52. The summed E-state index contributed by atoms with van der Waals surface area (Å²) in [7, 11) is 0. The zero-order valence-corrected chi connectivity index (χ0v) is 21.2. The number of carbonyl (C=O) groups is 2. The Morgan fingerprint density at radius 2 is 1.97 bits per heavy atom. The first-order valence-corrected chi connectivity index (χ1v) is 13.1. The van der Waals surface area contributed by atoms with Crippen LogP contribution in [0.3, 0.4) is 0 Å². The average Bonchev–Trinajstić information content (AvgIpc) is 2.84. The molecule has 9 heteroatoms. The molecule has 6 nitrogen and oxygen atoms in total. The molecule has 1 aromatic rings. The van der Waals surface area contributed by atoms with E-state index in [1.165, 1.54) is 43.2 Å². The van der Waals surface area contributed by atoms with Gasteiger partial charge in [0.2, 0.25) is 6.79 Å². The SMILES string of the molecule is CCCCC(CC)C(=O)OCOc1ccc2c(c1)[C@@]13CCCC[C@@H]1[C@H](C2)NCC3.O=C(O)C(F)(F)F. The summed E-state index contributed by atoms with van der Waals surface area (Å²) >= 11 is 0. The number of ether oxygens (including phenoxy) is 2. The van der Waals surface area contributed by atoms with Crippen molar-refractivity contribution in [3.63, 3.8) is 0 Å². The van der Waals surface area contributed by atoms with Crippen LogP contribution in [-0.4, -0.2) is 42.6 Å². The van der Waals surface area contributed by atoms with E-state index >= 15 is 0 Å². The molecule has 0 aromatic heterocycles. The van der Waals surface area contributed by atoms with Gasteiger partial charge in [0.1, 0.15) is 5.75 Å². The van der Waals surface area contributed by atoms with Gasteiger partial charge in [0, 0.05) is 11.5 Å². The lowest BCUT2D eigenvalue weighted by atomic mass is 9.53. The number of esters is 1. The average molecular weight is 514 g/mol. The van der Waals surface area contributed by atoms with Gasteiger partial charge in [-0.05, 0) is 74.2 Å². The number of carboxylic acid groups (broad SMARTS) is 1. The predicted octanol–water partition coefficient (Wildman–Crippen LogP) is 5.76. The van der Waals surface area contributed by atoms with Crippen molar-refractivity contribution in [2.24, 2.45) is 11.8 Å². The monoisotopic (exact) mass is 513 g/mol. The second-order valence-corrected chi connectivity index (χ2v) is 10.1. The van der Waals surface area contributed by atoms with E-state index in [0.29, 0.717) is 11.5 Å². The van der Waals surface area contributed by atoms with Crippen LogP contribution >= 0.6 is 0 Å². The first kappa shape index (κ1) is 28.3. The molecule has 1 aromatic carbocycles. The smallest absolute Gasteiger partial charge is 0.475 e. The van der Waals surface area contributed by atoms with Crippen LogP contribution in [-0.2, 0) is 26.2 Å². The summed E-state index contributed by atoms with van der Waals surface area (Å²) in [6.45, 7) is 5.34. The Bertz CT molecular complexity index is 902. The minimum absolute atomic E-state index is 0.00404. The van der Waals surface area contributed by atoms with Crippen LogP contribution in [0.15, 0.2) is 18.2 Å². The molecule has 3 aliphatic rings. The third-order valence-electron chi connectivity index (χ3n) is 8.02. The van der Waals surface area contributed by atoms with Crippen molar-refractivity contribution in [1.82, 2.24) is 5.32 Å². The molecule has 36 heavy (non-hydrogen) atoms.